The molecule has 76 valence electrons. The van der Waals surface area contributed by atoms with E-state index in [1.54, 1.807) is 11.4 Å². The van der Waals surface area contributed by atoms with Gasteiger partial charge in [-0.25, -0.2) is 0 Å². The average molecular weight is 282 g/mol. The van der Waals surface area contributed by atoms with Gasteiger partial charge in [-0.15, -0.1) is 0 Å². The largest absolute Gasteiger partial charge is 0.287 e. The summed E-state index contributed by atoms with van der Waals surface area (Å²) in [4.78, 5) is 12.0. The van der Waals surface area contributed by atoms with Crippen molar-refractivity contribution in [3.8, 4) is 0 Å². The van der Waals surface area contributed by atoms with E-state index in [0.29, 0.717) is 11.3 Å². The van der Waals surface area contributed by atoms with Crippen LogP contribution in [0, 0.1) is 6.92 Å². The van der Waals surface area contributed by atoms with Gasteiger partial charge in [0, 0.05) is 15.4 Å². The van der Waals surface area contributed by atoms with Gasteiger partial charge in [0.1, 0.15) is 5.69 Å². The Bertz CT molecular complexity index is 493. The zero-order valence-electron chi connectivity index (χ0n) is 8.03. The van der Waals surface area contributed by atoms with E-state index < -0.39 is 0 Å². The third-order valence-corrected chi connectivity index (χ3v) is 3.17. The Balaban J connectivity index is 2.46. The van der Waals surface area contributed by atoms with E-state index in [9.17, 15) is 4.79 Å². The number of benzene rings is 1. The molecule has 2 aromatic rings. The first kappa shape index (κ1) is 10.5. The second-order valence-electron chi connectivity index (χ2n) is 3.17. The standard InChI is InChI=1S/C11H8BrNOS/c1-7-2-3-8(12)6-9(7)11(14)10-4-5-15-13-10/h2-6H,1H3. The number of rotatable bonds is 2. The predicted octanol–water partition coefficient (Wildman–Crippen LogP) is 3.45. The normalized spacial score (nSPS) is 10.3. The van der Waals surface area contributed by atoms with Crippen molar-refractivity contribution >= 4 is 33.2 Å². The zero-order chi connectivity index (χ0) is 10.8. The molecular formula is C11H8BrNOS. The van der Waals surface area contributed by atoms with E-state index in [4.69, 9.17) is 0 Å². The van der Waals surface area contributed by atoms with Gasteiger partial charge in [0.25, 0.3) is 0 Å². The van der Waals surface area contributed by atoms with Crippen LogP contribution in [0.25, 0.3) is 0 Å². The third kappa shape index (κ3) is 2.16. The lowest BCUT2D eigenvalue weighted by molar-refractivity contribution is 0.103. The molecule has 4 heteroatoms. The summed E-state index contributed by atoms with van der Waals surface area (Å²) in [5.74, 6) is -0.0185. The van der Waals surface area contributed by atoms with Gasteiger partial charge in [-0.1, -0.05) is 22.0 Å². The quantitative estimate of drug-likeness (QED) is 0.790. The van der Waals surface area contributed by atoms with Crippen molar-refractivity contribution in [3.63, 3.8) is 0 Å². The molecule has 1 aromatic heterocycles. The first-order valence-corrected chi connectivity index (χ1v) is 6.02. The molecule has 0 aliphatic rings. The SMILES string of the molecule is Cc1ccc(Br)cc1C(=O)c1ccsn1. The fourth-order valence-electron chi connectivity index (χ4n) is 1.31. The number of halogens is 1. The van der Waals surface area contributed by atoms with E-state index in [1.807, 2.05) is 25.1 Å². The Hall–Kier alpha value is -1.00. The molecule has 0 spiro atoms. The summed E-state index contributed by atoms with van der Waals surface area (Å²) >= 11 is 4.65. The third-order valence-electron chi connectivity index (χ3n) is 2.11. The van der Waals surface area contributed by atoms with Crippen molar-refractivity contribution in [1.29, 1.82) is 0 Å². The van der Waals surface area contributed by atoms with Crippen LogP contribution in [0.4, 0.5) is 0 Å². The van der Waals surface area contributed by atoms with E-state index in [-0.39, 0.29) is 5.78 Å². The maximum absolute atomic E-state index is 12.0. The summed E-state index contributed by atoms with van der Waals surface area (Å²) in [6, 6.07) is 7.42. The molecular weight excluding hydrogens is 274 g/mol. The van der Waals surface area contributed by atoms with Gasteiger partial charge in [0.15, 0.2) is 0 Å². The van der Waals surface area contributed by atoms with E-state index >= 15 is 0 Å². The number of carbonyl (C=O) groups excluding carboxylic acids is 1. The smallest absolute Gasteiger partial charge is 0.212 e. The number of ketones is 1. The first-order valence-electron chi connectivity index (χ1n) is 4.40. The van der Waals surface area contributed by atoms with Crippen LogP contribution >= 0.6 is 27.5 Å². The van der Waals surface area contributed by atoms with Crippen LogP contribution in [0.3, 0.4) is 0 Å². The molecule has 0 aliphatic heterocycles. The van der Waals surface area contributed by atoms with E-state index in [1.165, 1.54) is 11.5 Å². The Kier molecular flexibility index (Phi) is 2.98. The van der Waals surface area contributed by atoms with Crippen molar-refractivity contribution in [2.24, 2.45) is 0 Å². The first-order chi connectivity index (χ1) is 7.18. The van der Waals surface area contributed by atoms with Crippen LogP contribution in [-0.2, 0) is 0 Å². The Morgan fingerprint density at radius 3 is 2.87 bits per heavy atom. The van der Waals surface area contributed by atoms with Crippen LogP contribution in [0.1, 0.15) is 21.6 Å². The fraction of sp³-hybridized carbons (Fsp3) is 0.0909. The summed E-state index contributed by atoms with van der Waals surface area (Å²) in [6.07, 6.45) is 0. The molecule has 0 bridgehead atoms. The van der Waals surface area contributed by atoms with E-state index in [2.05, 4.69) is 20.3 Å². The lowest BCUT2D eigenvalue weighted by Crippen LogP contribution is -2.03. The van der Waals surface area contributed by atoms with Gasteiger partial charge in [0.2, 0.25) is 5.78 Å². The number of aromatic nitrogens is 1. The second-order valence-corrected chi connectivity index (χ2v) is 4.75. The molecule has 2 nitrogen and oxygen atoms in total. The van der Waals surface area contributed by atoms with Crippen LogP contribution in [0.2, 0.25) is 0 Å². The highest BCUT2D eigenvalue weighted by molar-refractivity contribution is 9.10. The minimum atomic E-state index is -0.0185. The van der Waals surface area contributed by atoms with Crippen molar-refractivity contribution in [2.45, 2.75) is 6.92 Å². The van der Waals surface area contributed by atoms with Crippen molar-refractivity contribution < 1.29 is 4.79 Å². The summed E-state index contributed by atoms with van der Waals surface area (Å²) in [5.41, 5.74) is 2.19. The number of aryl methyl sites for hydroxylation is 1. The summed E-state index contributed by atoms with van der Waals surface area (Å²) < 4.78 is 4.95. The molecule has 0 amide bonds. The second kappa shape index (κ2) is 4.24. The number of hydrogen-bond donors (Lipinski definition) is 0. The van der Waals surface area contributed by atoms with Gasteiger partial charge in [-0.2, -0.15) is 4.37 Å². The van der Waals surface area contributed by atoms with E-state index in [0.717, 1.165) is 10.0 Å². The lowest BCUT2D eigenvalue weighted by Gasteiger charge is -2.03. The molecule has 0 saturated carbocycles. The van der Waals surface area contributed by atoms with Gasteiger partial charge in [-0.05, 0) is 42.2 Å². The topological polar surface area (TPSA) is 30.0 Å². The molecule has 2 rings (SSSR count). The Morgan fingerprint density at radius 1 is 1.40 bits per heavy atom. The number of carbonyl (C=O) groups is 1. The van der Waals surface area contributed by atoms with Crippen LogP contribution < -0.4 is 0 Å². The molecule has 0 aliphatic carbocycles. The predicted molar refractivity (Wildman–Crippen MR) is 64.4 cm³/mol. The molecule has 1 heterocycles. The molecule has 0 radical (unpaired) electrons. The molecule has 0 unspecified atom stereocenters. The minimum absolute atomic E-state index is 0.0185. The van der Waals surface area contributed by atoms with Crippen LogP contribution in [0.15, 0.2) is 34.1 Å². The maximum atomic E-state index is 12.0. The molecule has 0 atom stereocenters. The monoisotopic (exact) mass is 281 g/mol. The van der Waals surface area contributed by atoms with Gasteiger partial charge >= 0.3 is 0 Å². The summed E-state index contributed by atoms with van der Waals surface area (Å²) in [7, 11) is 0. The van der Waals surface area contributed by atoms with Crippen molar-refractivity contribution in [3.05, 3.63) is 50.9 Å². The number of nitrogens with zero attached hydrogens (tertiary/aromatic N) is 1. The lowest BCUT2D eigenvalue weighted by atomic mass is 10.0. The molecule has 1 aromatic carbocycles. The van der Waals surface area contributed by atoms with Crippen molar-refractivity contribution in [1.82, 2.24) is 4.37 Å². The van der Waals surface area contributed by atoms with Crippen molar-refractivity contribution in [2.75, 3.05) is 0 Å². The highest BCUT2D eigenvalue weighted by atomic mass is 79.9. The summed E-state index contributed by atoms with van der Waals surface area (Å²) in [6.45, 7) is 1.92. The molecule has 0 N–H and O–H groups in total. The average Bonchev–Trinajstić information content (AvgIpc) is 2.74. The minimum Gasteiger partial charge on any atom is -0.287 e. The highest BCUT2D eigenvalue weighted by Gasteiger charge is 2.13. The Morgan fingerprint density at radius 2 is 2.20 bits per heavy atom. The molecule has 0 fully saturated rings. The van der Waals surface area contributed by atoms with Gasteiger partial charge in [0.05, 0.1) is 0 Å². The van der Waals surface area contributed by atoms with Crippen LogP contribution in [0.5, 0.6) is 0 Å². The molecule has 0 saturated heterocycles. The maximum Gasteiger partial charge on any atom is 0.212 e. The zero-order valence-corrected chi connectivity index (χ0v) is 10.4. The van der Waals surface area contributed by atoms with Gasteiger partial charge < -0.3 is 0 Å². The molecule has 15 heavy (non-hydrogen) atoms. The highest BCUT2D eigenvalue weighted by Crippen LogP contribution is 2.19. The van der Waals surface area contributed by atoms with Crippen LogP contribution in [-0.4, -0.2) is 10.2 Å². The fourth-order valence-corrected chi connectivity index (χ4v) is 2.18. The Labute approximate surface area is 100 Å². The summed E-state index contributed by atoms with van der Waals surface area (Å²) in [5, 5.41) is 1.81. The number of hydrogen-bond acceptors (Lipinski definition) is 3. The van der Waals surface area contributed by atoms with Gasteiger partial charge in [-0.3, -0.25) is 4.79 Å².